The van der Waals surface area contributed by atoms with Crippen LogP contribution in [0, 0.1) is 20.8 Å². The number of sulfone groups is 1. The highest BCUT2D eigenvalue weighted by Crippen LogP contribution is 2.26. The SMILES string of the molecule is COc1cccc(-c2nc(CS(=O)(=O)CC(=O)Cc3cc(C)ccc3C)c(C)o2)c1. The fourth-order valence-corrected chi connectivity index (χ4v) is 4.58. The summed E-state index contributed by atoms with van der Waals surface area (Å²) in [4.78, 5) is 16.8. The number of carbonyl (C=O) groups excluding carboxylic acids is 1. The van der Waals surface area contributed by atoms with Crippen molar-refractivity contribution in [2.75, 3.05) is 12.9 Å². The van der Waals surface area contributed by atoms with Gasteiger partial charge in [-0.3, -0.25) is 4.79 Å². The van der Waals surface area contributed by atoms with E-state index in [0.29, 0.717) is 28.7 Å². The zero-order chi connectivity index (χ0) is 21.9. The molecule has 0 aliphatic rings. The summed E-state index contributed by atoms with van der Waals surface area (Å²) in [6.07, 6.45) is 0.0968. The molecule has 0 aliphatic heterocycles. The summed E-state index contributed by atoms with van der Waals surface area (Å²) in [5.74, 6) is 0.176. The lowest BCUT2D eigenvalue weighted by Gasteiger charge is -2.07. The van der Waals surface area contributed by atoms with Crippen LogP contribution in [0.25, 0.3) is 11.5 Å². The third kappa shape index (κ3) is 5.36. The first-order chi connectivity index (χ1) is 14.2. The lowest BCUT2D eigenvalue weighted by atomic mass is 10.0. The van der Waals surface area contributed by atoms with Gasteiger partial charge in [0.15, 0.2) is 15.6 Å². The molecule has 158 valence electrons. The van der Waals surface area contributed by atoms with Crippen LogP contribution in [0.3, 0.4) is 0 Å². The average molecular weight is 428 g/mol. The minimum atomic E-state index is -3.68. The molecule has 0 aliphatic carbocycles. The van der Waals surface area contributed by atoms with E-state index in [1.54, 1.807) is 38.3 Å². The molecule has 3 rings (SSSR count). The van der Waals surface area contributed by atoms with Crippen molar-refractivity contribution in [3.8, 4) is 17.2 Å². The number of carbonyl (C=O) groups is 1. The van der Waals surface area contributed by atoms with Crippen LogP contribution >= 0.6 is 0 Å². The van der Waals surface area contributed by atoms with Gasteiger partial charge in [0.1, 0.15) is 17.3 Å². The Labute approximate surface area is 176 Å². The molecule has 0 bridgehead atoms. The molecule has 7 heteroatoms. The van der Waals surface area contributed by atoms with Gasteiger partial charge in [0, 0.05) is 12.0 Å². The molecule has 30 heavy (non-hydrogen) atoms. The second-order valence-electron chi connectivity index (χ2n) is 7.43. The van der Waals surface area contributed by atoms with E-state index in [9.17, 15) is 13.2 Å². The smallest absolute Gasteiger partial charge is 0.226 e. The molecule has 1 aromatic heterocycles. The van der Waals surface area contributed by atoms with E-state index in [4.69, 9.17) is 9.15 Å². The zero-order valence-corrected chi connectivity index (χ0v) is 18.4. The Kier molecular flexibility index (Phi) is 6.41. The summed E-state index contributed by atoms with van der Waals surface area (Å²) in [7, 11) is -2.12. The Morgan fingerprint density at radius 2 is 1.87 bits per heavy atom. The Hall–Kier alpha value is -2.93. The van der Waals surface area contributed by atoms with E-state index in [-0.39, 0.29) is 18.0 Å². The quantitative estimate of drug-likeness (QED) is 0.540. The largest absolute Gasteiger partial charge is 0.497 e. The van der Waals surface area contributed by atoms with Gasteiger partial charge in [0.2, 0.25) is 5.89 Å². The Morgan fingerprint density at radius 1 is 1.10 bits per heavy atom. The molecule has 0 unspecified atom stereocenters. The van der Waals surface area contributed by atoms with E-state index < -0.39 is 15.6 Å². The van der Waals surface area contributed by atoms with Gasteiger partial charge in [0.05, 0.1) is 18.6 Å². The monoisotopic (exact) mass is 427 g/mol. The van der Waals surface area contributed by atoms with Crippen LogP contribution in [0.5, 0.6) is 5.75 Å². The van der Waals surface area contributed by atoms with Crippen molar-refractivity contribution in [3.05, 3.63) is 70.6 Å². The first kappa shape index (κ1) is 21.8. The number of benzene rings is 2. The Morgan fingerprint density at radius 3 is 2.60 bits per heavy atom. The maximum atomic E-state index is 12.6. The van der Waals surface area contributed by atoms with Crippen LogP contribution in [-0.2, 0) is 26.8 Å². The van der Waals surface area contributed by atoms with Crippen molar-refractivity contribution in [1.82, 2.24) is 4.98 Å². The van der Waals surface area contributed by atoms with Crippen molar-refractivity contribution in [2.45, 2.75) is 32.9 Å². The molecule has 0 N–H and O–H groups in total. The summed E-state index contributed by atoms with van der Waals surface area (Å²) < 4.78 is 36.1. The summed E-state index contributed by atoms with van der Waals surface area (Å²) in [5.41, 5.74) is 3.86. The van der Waals surface area contributed by atoms with Crippen LogP contribution in [0.2, 0.25) is 0 Å². The molecule has 0 saturated carbocycles. The lowest BCUT2D eigenvalue weighted by Crippen LogP contribution is -2.20. The van der Waals surface area contributed by atoms with E-state index in [1.165, 1.54) is 0 Å². The van der Waals surface area contributed by atoms with Gasteiger partial charge >= 0.3 is 0 Å². The van der Waals surface area contributed by atoms with Gasteiger partial charge in [-0.05, 0) is 50.1 Å². The van der Waals surface area contributed by atoms with Crippen molar-refractivity contribution >= 4 is 15.6 Å². The third-order valence-electron chi connectivity index (χ3n) is 4.84. The summed E-state index contributed by atoms with van der Waals surface area (Å²) in [5, 5.41) is 0. The standard InChI is InChI=1S/C23H25NO5S/c1-15-8-9-16(2)19(10-15)11-20(25)13-30(26,27)14-22-17(3)29-23(24-22)18-6-5-7-21(12-18)28-4/h5-10,12H,11,13-14H2,1-4H3. The second kappa shape index (κ2) is 8.83. The molecule has 0 saturated heterocycles. The molecule has 3 aromatic rings. The average Bonchev–Trinajstić information content (AvgIpc) is 3.04. The molecule has 6 nitrogen and oxygen atoms in total. The van der Waals surface area contributed by atoms with Crippen LogP contribution in [0.15, 0.2) is 46.9 Å². The van der Waals surface area contributed by atoms with Gasteiger partial charge < -0.3 is 9.15 Å². The lowest BCUT2D eigenvalue weighted by molar-refractivity contribution is -0.116. The minimum Gasteiger partial charge on any atom is -0.497 e. The number of hydrogen-bond acceptors (Lipinski definition) is 6. The zero-order valence-electron chi connectivity index (χ0n) is 17.6. The predicted molar refractivity (Wildman–Crippen MR) is 115 cm³/mol. The van der Waals surface area contributed by atoms with Crippen LogP contribution in [0.1, 0.15) is 28.1 Å². The maximum Gasteiger partial charge on any atom is 0.226 e. The third-order valence-corrected chi connectivity index (χ3v) is 6.31. The first-order valence-electron chi connectivity index (χ1n) is 9.56. The number of nitrogens with zero attached hydrogens (tertiary/aromatic N) is 1. The molecule has 0 radical (unpaired) electrons. The summed E-state index contributed by atoms with van der Waals surface area (Å²) >= 11 is 0. The van der Waals surface area contributed by atoms with Gasteiger partial charge in [-0.25, -0.2) is 13.4 Å². The van der Waals surface area contributed by atoms with E-state index >= 15 is 0 Å². The number of ketones is 1. The number of oxazole rings is 1. The Balaban J connectivity index is 1.73. The number of methoxy groups -OCH3 is 1. The van der Waals surface area contributed by atoms with E-state index in [1.807, 2.05) is 32.0 Å². The second-order valence-corrected chi connectivity index (χ2v) is 9.50. The van der Waals surface area contributed by atoms with Gasteiger partial charge in [-0.15, -0.1) is 0 Å². The van der Waals surface area contributed by atoms with Crippen LogP contribution < -0.4 is 4.74 Å². The maximum absolute atomic E-state index is 12.6. The summed E-state index contributed by atoms with van der Waals surface area (Å²) in [6.45, 7) is 5.52. The molecule has 0 spiro atoms. The highest BCUT2D eigenvalue weighted by molar-refractivity contribution is 7.91. The molecule has 0 atom stereocenters. The summed E-state index contributed by atoms with van der Waals surface area (Å²) in [6, 6.07) is 13.0. The van der Waals surface area contributed by atoms with Gasteiger partial charge in [-0.1, -0.05) is 29.8 Å². The predicted octanol–water partition coefficient (Wildman–Crippen LogP) is 4.00. The molecular formula is C23H25NO5S. The van der Waals surface area contributed by atoms with Crippen molar-refractivity contribution < 1.29 is 22.4 Å². The number of ether oxygens (including phenoxy) is 1. The van der Waals surface area contributed by atoms with Gasteiger partial charge in [-0.2, -0.15) is 0 Å². The first-order valence-corrected chi connectivity index (χ1v) is 11.4. The minimum absolute atomic E-state index is 0.0968. The van der Waals surface area contributed by atoms with Crippen molar-refractivity contribution in [3.63, 3.8) is 0 Å². The number of rotatable bonds is 8. The number of hydrogen-bond donors (Lipinski definition) is 0. The molecule has 1 heterocycles. The Bertz CT molecular complexity index is 1180. The fraction of sp³-hybridized carbons (Fsp3) is 0.304. The molecule has 0 fully saturated rings. The molecule has 0 amide bonds. The van der Waals surface area contributed by atoms with Crippen LogP contribution in [0.4, 0.5) is 0 Å². The van der Waals surface area contributed by atoms with E-state index in [2.05, 4.69) is 4.98 Å². The number of aryl methyl sites for hydroxylation is 3. The van der Waals surface area contributed by atoms with Gasteiger partial charge in [0.25, 0.3) is 0 Å². The highest BCUT2D eigenvalue weighted by Gasteiger charge is 2.22. The highest BCUT2D eigenvalue weighted by atomic mass is 32.2. The molecular weight excluding hydrogens is 402 g/mol. The normalized spacial score (nSPS) is 11.5. The topological polar surface area (TPSA) is 86.5 Å². The van der Waals surface area contributed by atoms with Crippen molar-refractivity contribution in [1.29, 1.82) is 0 Å². The fourth-order valence-electron chi connectivity index (χ4n) is 3.20. The molecule has 2 aromatic carbocycles. The number of Topliss-reactive ketones (excluding diaryl/α,β-unsaturated/α-hetero) is 1. The number of aromatic nitrogens is 1. The van der Waals surface area contributed by atoms with Crippen molar-refractivity contribution in [2.24, 2.45) is 0 Å². The van der Waals surface area contributed by atoms with Crippen LogP contribution in [-0.4, -0.2) is 32.0 Å². The van der Waals surface area contributed by atoms with E-state index in [0.717, 1.165) is 16.7 Å².